The van der Waals surface area contributed by atoms with Gasteiger partial charge in [-0.1, -0.05) is 6.42 Å². The number of carbonyl (C=O) groups excluding carboxylic acids is 1. The number of hydrogen-bond acceptors (Lipinski definition) is 1. The lowest BCUT2D eigenvalue weighted by molar-refractivity contribution is -0.125. The summed E-state index contributed by atoms with van der Waals surface area (Å²) in [7, 11) is 0. The number of Topliss-reactive ketones (excluding diaryl/α,β-unsaturated/α-hetero) is 1. The third kappa shape index (κ3) is 2.19. The predicted octanol–water partition coefficient (Wildman–Crippen LogP) is 2.76. The summed E-state index contributed by atoms with van der Waals surface area (Å²) in [6, 6.07) is 0. The molecule has 1 rings (SSSR count). The van der Waals surface area contributed by atoms with Crippen LogP contribution in [0.15, 0.2) is 0 Å². The molecule has 64 valence electrons. The first-order chi connectivity index (χ1) is 5.02. The zero-order valence-electron chi connectivity index (χ0n) is 7.19. The molecule has 1 unspecified atom stereocenters. The Balaban J connectivity index is 2.62. The van der Waals surface area contributed by atoms with Crippen LogP contribution >= 0.6 is 11.6 Å². The van der Waals surface area contributed by atoms with Gasteiger partial charge in [-0.25, -0.2) is 0 Å². The third-order valence-electron chi connectivity index (χ3n) is 2.38. The molecule has 2 heteroatoms. The molecule has 0 N–H and O–H groups in total. The molecule has 1 saturated carbocycles. The molecular formula is C9H15ClO. The second-order valence-electron chi connectivity index (χ2n) is 3.83. The second kappa shape index (κ2) is 3.14. The Kier molecular flexibility index (Phi) is 2.58. The maximum atomic E-state index is 11.4. The molecule has 1 fully saturated rings. The van der Waals surface area contributed by atoms with E-state index >= 15 is 0 Å². The number of carbonyl (C=O) groups is 1. The second-order valence-corrected chi connectivity index (χ2v) is 4.80. The van der Waals surface area contributed by atoms with Gasteiger partial charge in [-0.3, -0.25) is 4.79 Å². The summed E-state index contributed by atoms with van der Waals surface area (Å²) in [4.78, 5) is 11.0. The Hall–Kier alpha value is -0.0400. The molecule has 0 aromatic rings. The van der Waals surface area contributed by atoms with Crippen LogP contribution in [0.5, 0.6) is 0 Å². The van der Waals surface area contributed by atoms with Crippen molar-refractivity contribution in [1.82, 2.24) is 0 Å². The Bertz CT molecular complexity index is 157. The normalized spacial score (nSPS) is 27.2. The van der Waals surface area contributed by atoms with Crippen LogP contribution in [0.1, 0.15) is 39.5 Å². The molecule has 0 aromatic carbocycles. The van der Waals surface area contributed by atoms with E-state index in [1.54, 1.807) is 0 Å². The monoisotopic (exact) mass is 174 g/mol. The third-order valence-corrected chi connectivity index (χ3v) is 2.65. The standard InChI is InChI=1S/C9H15ClO/c1-9(2,10)7-5-3-4-6-8(7)11/h7H,3-6H2,1-2H3. The summed E-state index contributed by atoms with van der Waals surface area (Å²) in [6.45, 7) is 3.87. The topological polar surface area (TPSA) is 17.1 Å². The van der Waals surface area contributed by atoms with E-state index in [9.17, 15) is 4.79 Å². The Labute approximate surface area is 73.1 Å². The summed E-state index contributed by atoms with van der Waals surface area (Å²) >= 11 is 6.09. The Morgan fingerprint density at radius 1 is 1.45 bits per heavy atom. The van der Waals surface area contributed by atoms with Gasteiger partial charge in [0.1, 0.15) is 5.78 Å². The molecule has 11 heavy (non-hydrogen) atoms. The predicted molar refractivity (Wildman–Crippen MR) is 46.9 cm³/mol. The van der Waals surface area contributed by atoms with Crippen LogP contribution in [0.25, 0.3) is 0 Å². The summed E-state index contributed by atoms with van der Waals surface area (Å²) in [5, 5.41) is 0. The van der Waals surface area contributed by atoms with Crippen molar-refractivity contribution < 1.29 is 4.79 Å². The fourth-order valence-corrected chi connectivity index (χ4v) is 1.94. The van der Waals surface area contributed by atoms with Crippen LogP contribution in [0.3, 0.4) is 0 Å². The molecule has 1 aliphatic rings. The van der Waals surface area contributed by atoms with Crippen molar-refractivity contribution >= 4 is 17.4 Å². The van der Waals surface area contributed by atoms with Crippen LogP contribution < -0.4 is 0 Å². The first-order valence-electron chi connectivity index (χ1n) is 4.23. The van der Waals surface area contributed by atoms with Gasteiger partial charge < -0.3 is 0 Å². The van der Waals surface area contributed by atoms with Crippen molar-refractivity contribution in [1.29, 1.82) is 0 Å². The number of rotatable bonds is 1. The molecule has 0 radical (unpaired) electrons. The lowest BCUT2D eigenvalue weighted by Crippen LogP contribution is -2.34. The van der Waals surface area contributed by atoms with E-state index in [4.69, 9.17) is 11.6 Å². The first kappa shape index (κ1) is 9.05. The number of alkyl halides is 1. The van der Waals surface area contributed by atoms with Gasteiger partial charge in [0, 0.05) is 17.2 Å². The van der Waals surface area contributed by atoms with Crippen molar-refractivity contribution in [2.45, 2.75) is 44.4 Å². The Morgan fingerprint density at radius 3 is 2.45 bits per heavy atom. The quantitative estimate of drug-likeness (QED) is 0.559. The fourth-order valence-electron chi connectivity index (χ4n) is 1.71. The summed E-state index contributed by atoms with van der Waals surface area (Å²) in [5.41, 5.74) is 0. The highest BCUT2D eigenvalue weighted by Crippen LogP contribution is 2.33. The number of ketones is 1. The molecule has 0 aliphatic heterocycles. The molecule has 1 nitrogen and oxygen atoms in total. The van der Waals surface area contributed by atoms with Gasteiger partial charge in [-0.05, 0) is 26.7 Å². The zero-order chi connectivity index (χ0) is 8.48. The lowest BCUT2D eigenvalue weighted by atomic mass is 9.80. The van der Waals surface area contributed by atoms with Gasteiger partial charge in [0.25, 0.3) is 0 Å². The molecule has 0 spiro atoms. The summed E-state index contributed by atoms with van der Waals surface area (Å²) in [5.74, 6) is 0.453. The van der Waals surface area contributed by atoms with E-state index < -0.39 is 0 Å². The lowest BCUT2D eigenvalue weighted by Gasteiger charge is -2.30. The van der Waals surface area contributed by atoms with Crippen molar-refractivity contribution in [2.24, 2.45) is 5.92 Å². The average molecular weight is 175 g/mol. The summed E-state index contributed by atoms with van der Waals surface area (Å²) in [6.07, 6.45) is 3.94. The van der Waals surface area contributed by atoms with E-state index in [1.807, 2.05) is 13.8 Å². The molecule has 0 saturated heterocycles. The van der Waals surface area contributed by atoms with Crippen LogP contribution in [-0.4, -0.2) is 10.7 Å². The van der Waals surface area contributed by atoms with E-state index in [2.05, 4.69) is 0 Å². The molecule has 1 atom stereocenters. The van der Waals surface area contributed by atoms with Crippen LogP contribution in [0, 0.1) is 5.92 Å². The highest BCUT2D eigenvalue weighted by Gasteiger charge is 2.34. The number of halogens is 1. The molecular weight excluding hydrogens is 160 g/mol. The average Bonchev–Trinajstić information content (AvgIpc) is 1.86. The van der Waals surface area contributed by atoms with Crippen molar-refractivity contribution in [2.75, 3.05) is 0 Å². The van der Waals surface area contributed by atoms with Gasteiger partial charge in [0.05, 0.1) is 0 Å². The van der Waals surface area contributed by atoms with Gasteiger partial charge >= 0.3 is 0 Å². The summed E-state index contributed by atoms with van der Waals surface area (Å²) < 4.78 is 0. The van der Waals surface area contributed by atoms with Gasteiger partial charge in [-0.2, -0.15) is 0 Å². The van der Waals surface area contributed by atoms with Crippen molar-refractivity contribution in [3.05, 3.63) is 0 Å². The first-order valence-corrected chi connectivity index (χ1v) is 4.61. The van der Waals surface area contributed by atoms with Crippen molar-refractivity contribution in [3.8, 4) is 0 Å². The highest BCUT2D eigenvalue weighted by molar-refractivity contribution is 6.25. The van der Waals surface area contributed by atoms with E-state index in [0.29, 0.717) is 5.78 Å². The maximum Gasteiger partial charge on any atom is 0.137 e. The van der Waals surface area contributed by atoms with Gasteiger partial charge in [0.2, 0.25) is 0 Å². The zero-order valence-corrected chi connectivity index (χ0v) is 7.95. The molecule has 0 bridgehead atoms. The van der Waals surface area contributed by atoms with Gasteiger partial charge in [0.15, 0.2) is 0 Å². The van der Waals surface area contributed by atoms with Gasteiger partial charge in [-0.15, -0.1) is 11.6 Å². The smallest absolute Gasteiger partial charge is 0.137 e. The van der Waals surface area contributed by atoms with Crippen LogP contribution in [0.4, 0.5) is 0 Å². The van der Waals surface area contributed by atoms with E-state index in [1.165, 1.54) is 0 Å². The van der Waals surface area contributed by atoms with Crippen LogP contribution in [-0.2, 0) is 4.79 Å². The molecule has 1 aliphatic carbocycles. The van der Waals surface area contributed by atoms with Crippen molar-refractivity contribution in [3.63, 3.8) is 0 Å². The molecule has 0 aromatic heterocycles. The maximum absolute atomic E-state index is 11.4. The van der Waals surface area contributed by atoms with E-state index in [-0.39, 0.29) is 10.8 Å². The minimum absolute atomic E-state index is 0.0953. The minimum atomic E-state index is -0.336. The largest absolute Gasteiger partial charge is 0.299 e. The molecule has 0 heterocycles. The Morgan fingerprint density at radius 2 is 2.09 bits per heavy atom. The van der Waals surface area contributed by atoms with Crippen LogP contribution in [0.2, 0.25) is 0 Å². The number of hydrogen-bond donors (Lipinski definition) is 0. The minimum Gasteiger partial charge on any atom is -0.299 e. The molecule has 0 amide bonds. The SMILES string of the molecule is CC(C)(Cl)C1CCCCC1=O. The fraction of sp³-hybridized carbons (Fsp3) is 0.889. The highest BCUT2D eigenvalue weighted by atomic mass is 35.5. The van der Waals surface area contributed by atoms with E-state index in [0.717, 1.165) is 25.7 Å².